The third-order valence-electron chi connectivity index (χ3n) is 4.22. The van der Waals surface area contributed by atoms with Crippen LogP contribution in [0, 0.1) is 12.7 Å². The summed E-state index contributed by atoms with van der Waals surface area (Å²) in [5.41, 5.74) is 1.97. The van der Waals surface area contributed by atoms with E-state index in [4.69, 9.17) is 23.2 Å². The van der Waals surface area contributed by atoms with Crippen LogP contribution in [0.3, 0.4) is 0 Å². The molecule has 0 atom stereocenters. The van der Waals surface area contributed by atoms with Crippen molar-refractivity contribution in [2.24, 2.45) is 0 Å². The van der Waals surface area contributed by atoms with E-state index in [9.17, 15) is 14.0 Å². The number of benzene rings is 2. The number of rotatable bonds is 3. The fourth-order valence-electron chi connectivity index (χ4n) is 2.80. The lowest BCUT2D eigenvalue weighted by molar-refractivity contribution is -0.146. The highest BCUT2D eigenvalue weighted by Crippen LogP contribution is 2.28. The van der Waals surface area contributed by atoms with Crippen LogP contribution in [0.15, 0.2) is 36.4 Å². The Balaban J connectivity index is 1.80. The maximum absolute atomic E-state index is 13.1. The maximum atomic E-state index is 13.1. The van der Waals surface area contributed by atoms with E-state index in [0.29, 0.717) is 29.4 Å². The lowest BCUT2D eigenvalue weighted by Crippen LogP contribution is -2.54. The van der Waals surface area contributed by atoms with Crippen LogP contribution in [0.25, 0.3) is 0 Å². The Morgan fingerprint density at radius 3 is 2.52 bits per heavy atom. The largest absolute Gasteiger partial charge is 0.328 e. The van der Waals surface area contributed by atoms with Crippen molar-refractivity contribution in [1.29, 1.82) is 0 Å². The molecule has 130 valence electrons. The topological polar surface area (TPSA) is 40.6 Å². The molecule has 0 radical (unpaired) electrons. The summed E-state index contributed by atoms with van der Waals surface area (Å²) in [6, 6.07) is 9.22. The number of carbonyl (C=O) groups excluding carboxylic acids is 2. The zero-order valence-corrected chi connectivity index (χ0v) is 14.9. The molecule has 2 aromatic carbocycles. The fraction of sp³-hybridized carbons (Fsp3) is 0.222. The number of hydrogen-bond acceptors (Lipinski definition) is 2. The SMILES string of the molecule is Cc1c(Cl)cccc1N1CCN(Cc2ccc(F)cc2Cl)C(=O)C1=O. The van der Waals surface area contributed by atoms with E-state index in [1.165, 1.54) is 28.0 Å². The van der Waals surface area contributed by atoms with Crippen molar-refractivity contribution in [1.82, 2.24) is 4.90 Å². The predicted octanol–water partition coefficient (Wildman–Crippen LogP) is 3.82. The van der Waals surface area contributed by atoms with Crippen LogP contribution < -0.4 is 4.90 Å². The third-order valence-corrected chi connectivity index (χ3v) is 4.98. The Hall–Kier alpha value is -2.11. The van der Waals surface area contributed by atoms with Gasteiger partial charge in [-0.2, -0.15) is 0 Å². The summed E-state index contributed by atoms with van der Waals surface area (Å²) in [7, 11) is 0. The average Bonchev–Trinajstić information content (AvgIpc) is 2.57. The molecule has 25 heavy (non-hydrogen) atoms. The van der Waals surface area contributed by atoms with Gasteiger partial charge in [-0.05, 0) is 42.3 Å². The highest BCUT2D eigenvalue weighted by molar-refractivity contribution is 6.41. The number of halogens is 3. The first-order valence-electron chi connectivity index (χ1n) is 7.68. The van der Waals surface area contributed by atoms with Crippen LogP contribution in [-0.4, -0.2) is 29.8 Å². The van der Waals surface area contributed by atoms with E-state index in [-0.39, 0.29) is 11.6 Å². The third kappa shape index (κ3) is 3.48. The van der Waals surface area contributed by atoms with E-state index >= 15 is 0 Å². The molecule has 0 unspecified atom stereocenters. The molecule has 4 nitrogen and oxygen atoms in total. The van der Waals surface area contributed by atoms with Gasteiger partial charge in [0.2, 0.25) is 0 Å². The monoisotopic (exact) mass is 380 g/mol. The van der Waals surface area contributed by atoms with Gasteiger partial charge in [-0.3, -0.25) is 9.59 Å². The van der Waals surface area contributed by atoms with Crippen LogP contribution in [0.5, 0.6) is 0 Å². The molecule has 1 aliphatic rings. The van der Waals surface area contributed by atoms with Gasteiger partial charge < -0.3 is 9.80 Å². The van der Waals surface area contributed by atoms with Gasteiger partial charge in [0.15, 0.2) is 0 Å². The average molecular weight is 381 g/mol. The van der Waals surface area contributed by atoms with Crippen molar-refractivity contribution in [2.45, 2.75) is 13.5 Å². The van der Waals surface area contributed by atoms with Gasteiger partial charge in [-0.25, -0.2) is 4.39 Å². The standard InChI is InChI=1S/C18H15Cl2FN2O2/c1-11-14(19)3-2-4-16(11)23-8-7-22(17(24)18(23)25)10-12-5-6-13(21)9-15(12)20/h2-6,9H,7-8,10H2,1H3. The minimum Gasteiger partial charge on any atom is -0.328 e. The van der Waals surface area contributed by atoms with Gasteiger partial charge in [-0.15, -0.1) is 0 Å². The number of amides is 2. The molecule has 0 aliphatic carbocycles. The summed E-state index contributed by atoms with van der Waals surface area (Å²) in [5, 5.41) is 0.770. The molecule has 0 bridgehead atoms. The van der Waals surface area contributed by atoms with E-state index < -0.39 is 17.6 Å². The molecule has 0 spiro atoms. The van der Waals surface area contributed by atoms with Crippen LogP contribution in [-0.2, 0) is 16.1 Å². The van der Waals surface area contributed by atoms with Gasteiger partial charge in [0.25, 0.3) is 0 Å². The first-order valence-corrected chi connectivity index (χ1v) is 8.44. The Bertz CT molecular complexity index is 857. The first kappa shape index (κ1) is 17.7. The van der Waals surface area contributed by atoms with E-state index in [1.807, 2.05) is 0 Å². The number of nitrogens with zero attached hydrogens (tertiary/aromatic N) is 2. The lowest BCUT2D eigenvalue weighted by atomic mass is 10.1. The van der Waals surface area contributed by atoms with Crippen molar-refractivity contribution in [3.63, 3.8) is 0 Å². The summed E-state index contributed by atoms with van der Waals surface area (Å²) in [6.07, 6.45) is 0. The summed E-state index contributed by atoms with van der Waals surface area (Å²) in [4.78, 5) is 27.9. The second kappa shape index (κ2) is 7.02. The molecule has 1 heterocycles. The van der Waals surface area contributed by atoms with Crippen molar-refractivity contribution >= 4 is 40.7 Å². The first-order chi connectivity index (χ1) is 11.9. The molecule has 3 rings (SSSR count). The summed E-state index contributed by atoms with van der Waals surface area (Å²) in [6.45, 7) is 2.67. The molecule has 2 amide bonds. The number of hydrogen-bond donors (Lipinski definition) is 0. The van der Waals surface area contributed by atoms with Gasteiger partial charge in [0.1, 0.15) is 5.82 Å². The fourth-order valence-corrected chi connectivity index (χ4v) is 3.20. The highest BCUT2D eigenvalue weighted by Gasteiger charge is 2.34. The zero-order chi connectivity index (χ0) is 18.1. The van der Waals surface area contributed by atoms with E-state index in [0.717, 1.165) is 5.56 Å². The molecule has 1 saturated heterocycles. The second-order valence-electron chi connectivity index (χ2n) is 5.80. The number of anilines is 1. The molecule has 2 aromatic rings. The Morgan fingerprint density at radius 2 is 1.80 bits per heavy atom. The smallest absolute Gasteiger partial charge is 0.316 e. The van der Waals surface area contributed by atoms with E-state index in [2.05, 4.69) is 0 Å². The van der Waals surface area contributed by atoms with Crippen LogP contribution in [0.2, 0.25) is 10.0 Å². The zero-order valence-electron chi connectivity index (χ0n) is 13.4. The summed E-state index contributed by atoms with van der Waals surface area (Å²) < 4.78 is 13.1. The molecule has 1 aliphatic heterocycles. The van der Waals surface area contributed by atoms with Crippen LogP contribution in [0.4, 0.5) is 10.1 Å². The molecule has 0 aromatic heterocycles. The highest BCUT2D eigenvalue weighted by atomic mass is 35.5. The van der Waals surface area contributed by atoms with Crippen molar-refractivity contribution < 1.29 is 14.0 Å². The minimum absolute atomic E-state index is 0.159. The summed E-state index contributed by atoms with van der Waals surface area (Å²) >= 11 is 12.1. The van der Waals surface area contributed by atoms with Gasteiger partial charge in [-0.1, -0.05) is 35.3 Å². The van der Waals surface area contributed by atoms with Crippen molar-refractivity contribution in [2.75, 3.05) is 18.0 Å². The lowest BCUT2D eigenvalue weighted by Gasteiger charge is -2.34. The molecule has 7 heteroatoms. The maximum Gasteiger partial charge on any atom is 0.316 e. The molecule has 1 fully saturated rings. The predicted molar refractivity (Wildman–Crippen MR) is 95.4 cm³/mol. The van der Waals surface area contributed by atoms with E-state index in [1.54, 1.807) is 25.1 Å². The quantitative estimate of drug-likeness (QED) is 0.759. The number of carbonyl (C=O) groups is 2. The second-order valence-corrected chi connectivity index (χ2v) is 6.62. The van der Waals surface area contributed by atoms with Gasteiger partial charge in [0, 0.05) is 35.4 Å². The van der Waals surface area contributed by atoms with Crippen molar-refractivity contribution in [3.05, 3.63) is 63.4 Å². The Kier molecular flexibility index (Phi) is 4.97. The van der Waals surface area contributed by atoms with Gasteiger partial charge in [0.05, 0.1) is 0 Å². The number of piperazine rings is 1. The van der Waals surface area contributed by atoms with Crippen LogP contribution >= 0.6 is 23.2 Å². The molecule has 0 saturated carbocycles. The Morgan fingerprint density at radius 1 is 1.04 bits per heavy atom. The normalized spacial score (nSPS) is 15.0. The van der Waals surface area contributed by atoms with Gasteiger partial charge >= 0.3 is 11.8 Å². The molecular formula is C18H15Cl2FN2O2. The van der Waals surface area contributed by atoms with Crippen molar-refractivity contribution in [3.8, 4) is 0 Å². The molecular weight excluding hydrogens is 366 g/mol. The Labute approximate surface area is 154 Å². The van der Waals surface area contributed by atoms with Crippen LogP contribution in [0.1, 0.15) is 11.1 Å². The minimum atomic E-state index is -0.619. The summed E-state index contributed by atoms with van der Waals surface area (Å²) in [5.74, 6) is -1.68. The molecule has 0 N–H and O–H groups in total.